The summed E-state index contributed by atoms with van der Waals surface area (Å²) in [5.41, 5.74) is 4.38. The molecule has 2 amide bonds. The van der Waals surface area contributed by atoms with E-state index in [4.69, 9.17) is 0 Å². The largest absolute Gasteiger partial charge is 0.371 e. The number of anilines is 1. The first-order valence-corrected chi connectivity index (χ1v) is 11.8. The molecule has 2 aliphatic heterocycles. The van der Waals surface area contributed by atoms with Crippen molar-refractivity contribution >= 4 is 17.5 Å². The number of benzene rings is 2. The molecule has 1 fully saturated rings. The van der Waals surface area contributed by atoms with E-state index >= 15 is 0 Å². The predicted octanol–water partition coefficient (Wildman–Crippen LogP) is 4.41. The molecule has 32 heavy (non-hydrogen) atoms. The van der Waals surface area contributed by atoms with Crippen molar-refractivity contribution in [3.05, 3.63) is 65.2 Å². The molecule has 0 spiro atoms. The quantitative estimate of drug-likeness (QED) is 0.777. The Balaban J connectivity index is 1.40. The minimum absolute atomic E-state index is 0.000939. The number of para-hydroxylation sites is 1. The Hall–Kier alpha value is -2.82. The summed E-state index contributed by atoms with van der Waals surface area (Å²) in [4.78, 5) is 30.0. The summed E-state index contributed by atoms with van der Waals surface area (Å²) in [6, 6.07) is 16.6. The van der Waals surface area contributed by atoms with Gasteiger partial charge < -0.3 is 15.1 Å². The molecule has 0 saturated carbocycles. The zero-order valence-corrected chi connectivity index (χ0v) is 19.6. The van der Waals surface area contributed by atoms with Crippen LogP contribution < -0.4 is 10.2 Å². The second kappa shape index (κ2) is 9.35. The maximum atomic E-state index is 13.5. The first-order valence-electron chi connectivity index (χ1n) is 11.8. The van der Waals surface area contributed by atoms with Crippen LogP contribution in [0.1, 0.15) is 61.5 Å². The maximum Gasteiger partial charge on any atom is 0.256 e. The summed E-state index contributed by atoms with van der Waals surface area (Å²) < 4.78 is 0. The molecule has 1 N–H and O–H groups in total. The van der Waals surface area contributed by atoms with Gasteiger partial charge in [0.2, 0.25) is 5.91 Å². The number of fused-ring (bicyclic) bond motifs is 1. The van der Waals surface area contributed by atoms with E-state index in [2.05, 4.69) is 55.3 Å². The van der Waals surface area contributed by atoms with Crippen LogP contribution in [0.3, 0.4) is 0 Å². The molecule has 2 aromatic carbocycles. The monoisotopic (exact) mass is 433 g/mol. The van der Waals surface area contributed by atoms with E-state index in [-0.39, 0.29) is 23.3 Å². The lowest BCUT2D eigenvalue weighted by molar-refractivity contribution is -0.123. The van der Waals surface area contributed by atoms with Crippen molar-refractivity contribution in [2.45, 2.75) is 59.0 Å². The fourth-order valence-corrected chi connectivity index (χ4v) is 4.79. The van der Waals surface area contributed by atoms with Gasteiger partial charge in [-0.3, -0.25) is 9.59 Å². The molecule has 1 saturated heterocycles. The lowest BCUT2D eigenvalue weighted by Crippen LogP contribution is -2.46. The van der Waals surface area contributed by atoms with Crippen LogP contribution in [0.4, 0.5) is 5.69 Å². The number of amides is 2. The minimum atomic E-state index is -0.000939. The highest BCUT2D eigenvalue weighted by Crippen LogP contribution is 2.28. The zero-order chi connectivity index (χ0) is 22.7. The summed E-state index contributed by atoms with van der Waals surface area (Å²) >= 11 is 0. The van der Waals surface area contributed by atoms with Crippen LogP contribution in [0.2, 0.25) is 0 Å². The van der Waals surface area contributed by atoms with Crippen LogP contribution in [-0.4, -0.2) is 42.4 Å². The van der Waals surface area contributed by atoms with Crippen molar-refractivity contribution in [1.82, 2.24) is 10.2 Å². The SMILES string of the molecule is CC(C)(C)CC(=O)NC1CCN(c2ccccc2C(=O)N2CCc3ccccc3C2)CC1. The van der Waals surface area contributed by atoms with Crippen LogP contribution in [0.15, 0.2) is 48.5 Å². The molecule has 2 heterocycles. The predicted molar refractivity (Wildman–Crippen MR) is 129 cm³/mol. The van der Waals surface area contributed by atoms with Gasteiger partial charge in [-0.25, -0.2) is 0 Å². The van der Waals surface area contributed by atoms with Crippen molar-refractivity contribution < 1.29 is 9.59 Å². The Morgan fingerprint density at radius 2 is 1.59 bits per heavy atom. The van der Waals surface area contributed by atoms with Gasteiger partial charge in [-0.15, -0.1) is 0 Å². The molecule has 0 bridgehead atoms. The number of rotatable bonds is 4. The number of carbonyl (C=O) groups is 2. The van der Waals surface area contributed by atoms with Gasteiger partial charge in [-0.05, 0) is 47.9 Å². The first-order chi connectivity index (χ1) is 15.3. The lowest BCUT2D eigenvalue weighted by atomic mass is 9.91. The molecule has 0 radical (unpaired) electrons. The normalized spacial score (nSPS) is 17.1. The van der Waals surface area contributed by atoms with E-state index in [1.807, 2.05) is 29.2 Å². The number of nitrogens with zero attached hydrogens (tertiary/aromatic N) is 2. The molecule has 2 aromatic rings. The highest BCUT2D eigenvalue weighted by atomic mass is 16.2. The standard InChI is InChI=1S/C27H35N3O2/c1-27(2,3)18-25(31)28-22-13-16-29(17-14-22)24-11-7-6-10-23(24)26(32)30-15-12-20-8-4-5-9-21(20)19-30/h4-11,22H,12-19H2,1-3H3,(H,28,31). The Bertz CT molecular complexity index is 971. The van der Waals surface area contributed by atoms with Crippen molar-refractivity contribution in [1.29, 1.82) is 0 Å². The topological polar surface area (TPSA) is 52.7 Å². The zero-order valence-electron chi connectivity index (χ0n) is 19.6. The van der Waals surface area contributed by atoms with Crippen LogP contribution in [0.5, 0.6) is 0 Å². The minimum Gasteiger partial charge on any atom is -0.371 e. The summed E-state index contributed by atoms with van der Waals surface area (Å²) in [5.74, 6) is 0.243. The second-order valence-corrected chi connectivity index (χ2v) is 10.3. The van der Waals surface area contributed by atoms with Crippen LogP contribution in [0.25, 0.3) is 0 Å². The van der Waals surface area contributed by atoms with Crippen LogP contribution in [0, 0.1) is 5.41 Å². The number of hydrogen-bond donors (Lipinski definition) is 1. The molecule has 0 aliphatic carbocycles. The number of piperidine rings is 1. The smallest absolute Gasteiger partial charge is 0.256 e. The van der Waals surface area contributed by atoms with E-state index in [9.17, 15) is 9.59 Å². The average Bonchev–Trinajstić information content (AvgIpc) is 2.77. The number of hydrogen-bond acceptors (Lipinski definition) is 3. The summed E-state index contributed by atoms with van der Waals surface area (Å²) in [6.07, 6.45) is 3.25. The molecule has 2 aliphatic rings. The Labute approximate surface area is 191 Å². The molecule has 0 unspecified atom stereocenters. The van der Waals surface area contributed by atoms with Gasteiger partial charge in [-0.2, -0.15) is 0 Å². The maximum absolute atomic E-state index is 13.5. The Kier molecular flexibility index (Phi) is 6.54. The second-order valence-electron chi connectivity index (χ2n) is 10.3. The van der Waals surface area contributed by atoms with Crippen molar-refractivity contribution in [2.75, 3.05) is 24.5 Å². The van der Waals surface area contributed by atoms with Gasteiger partial charge >= 0.3 is 0 Å². The van der Waals surface area contributed by atoms with E-state index in [0.717, 1.165) is 50.1 Å². The van der Waals surface area contributed by atoms with Crippen LogP contribution in [-0.2, 0) is 17.8 Å². The third kappa shape index (κ3) is 5.32. The van der Waals surface area contributed by atoms with Crippen molar-refractivity contribution in [3.8, 4) is 0 Å². The lowest BCUT2D eigenvalue weighted by Gasteiger charge is -2.36. The van der Waals surface area contributed by atoms with E-state index in [1.54, 1.807) is 0 Å². The highest BCUT2D eigenvalue weighted by molar-refractivity contribution is 6.00. The molecule has 5 nitrogen and oxygen atoms in total. The Morgan fingerprint density at radius 1 is 0.938 bits per heavy atom. The number of carbonyl (C=O) groups excluding carboxylic acids is 2. The summed E-state index contributed by atoms with van der Waals surface area (Å²) in [6.45, 7) is 9.37. The summed E-state index contributed by atoms with van der Waals surface area (Å²) in [7, 11) is 0. The molecular weight excluding hydrogens is 398 g/mol. The van der Waals surface area contributed by atoms with Gasteiger partial charge in [-0.1, -0.05) is 57.2 Å². The third-order valence-corrected chi connectivity index (χ3v) is 6.44. The van der Waals surface area contributed by atoms with Gasteiger partial charge in [0, 0.05) is 44.3 Å². The van der Waals surface area contributed by atoms with Crippen LogP contribution >= 0.6 is 0 Å². The van der Waals surface area contributed by atoms with Gasteiger partial charge in [0.15, 0.2) is 0 Å². The van der Waals surface area contributed by atoms with Crippen molar-refractivity contribution in [2.24, 2.45) is 5.41 Å². The fourth-order valence-electron chi connectivity index (χ4n) is 4.79. The fraction of sp³-hybridized carbons (Fsp3) is 0.481. The molecule has 4 rings (SSSR count). The molecule has 5 heteroatoms. The molecule has 0 aromatic heterocycles. The molecule has 170 valence electrons. The highest BCUT2D eigenvalue weighted by Gasteiger charge is 2.27. The number of nitrogens with one attached hydrogen (secondary N) is 1. The molecular formula is C27H35N3O2. The van der Waals surface area contributed by atoms with E-state index in [1.165, 1.54) is 11.1 Å². The van der Waals surface area contributed by atoms with Gasteiger partial charge in [0.1, 0.15) is 0 Å². The Morgan fingerprint density at radius 3 is 2.31 bits per heavy atom. The third-order valence-electron chi connectivity index (χ3n) is 6.44. The first kappa shape index (κ1) is 22.4. The van der Waals surface area contributed by atoms with Crippen molar-refractivity contribution in [3.63, 3.8) is 0 Å². The molecule has 0 atom stereocenters. The summed E-state index contributed by atoms with van der Waals surface area (Å²) in [5, 5.41) is 3.21. The average molecular weight is 434 g/mol. The van der Waals surface area contributed by atoms with Gasteiger partial charge in [0.25, 0.3) is 5.91 Å². The van der Waals surface area contributed by atoms with Gasteiger partial charge in [0.05, 0.1) is 5.56 Å². The van der Waals surface area contributed by atoms with E-state index in [0.29, 0.717) is 13.0 Å². The van der Waals surface area contributed by atoms with E-state index < -0.39 is 0 Å².